The second kappa shape index (κ2) is 14.7. The van der Waals surface area contributed by atoms with Crippen molar-refractivity contribution in [2.75, 3.05) is 78.5 Å². The number of anilines is 1. The van der Waals surface area contributed by atoms with E-state index in [0.717, 1.165) is 76.0 Å². The van der Waals surface area contributed by atoms with Gasteiger partial charge in [0.1, 0.15) is 5.75 Å². The van der Waals surface area contributed by atoms with Crippen LogP contribution in [0.4, 0.5) is 5.69 Å². The molecule has 0 radical (unpaired) electrons. The molecule has 0 aromatic heterocycles. The molecule has 2 aliphatic rings. The van der Waals surface area contributed by atoms with Gasteiger partial charge in [-0.3, -0.25) is 14.6 Å². The monoisotopic (exact) mass is 583 g/mol. The van der Waals surface area contributed by atoms with E-state index in [9.17, 15) is 4.79 Å². The molecule has 0 saturated carbocycles. The van der Waals surface area contributed by atoms with Crippen LogP contribution in [0, 0.1) is 11.3 Å². The highest BCUT2D eigenvalue weighted by atomic mass is 35.5. The number of likely N-dealkylation sites (tertiary alicyclic amines) is 1. The lowest BCUT2D eigenvalue weighted by atomic mass is 9.86. The second-order valence-corrected chi connectivity index (χ2v) is 13.3. The van der Waals surface area contributed by atoms with Gasteiger partial charge in [-0.05, 0) is 74.6 Å². The van der Waals surface area contributed by atoms with E-state index in [2.05, 4.69) is 77.1 Å². The number of benzene rings is 2. The number of carbonyl (C=O) groups is 1. The van der Waals surface area contributed by atoms with Gasteiger partial charge in [0.25, 0.3) is 0 Å². The molecule has 0 aliphatic carbocycles. The zero-order valence-electron chi connectivity index (χ0n) is 25.7. The van der Waals surface area contributed by atoms with Gasteiger partial charge in [0.15, 0.2) is 0 Å². The standard InChI is InChI=1S/C33H50ClN5O2/c1-33(2,25-36(3)4)24-35-32(40)14-13-27-23-37(22-26-9-8-10-28(34)21-26)16-15-29(27)38-17-19-39(20-18-38)30-11-6-7-12-31(30)41-5/h6-12,21,27,29H,13-20,22-25H2,1-5H3,(H,35,40)/t27-,29+/m1/s1. The maximum absolute atomic E-state index is 13.0. The summed E-state index contributed by atoms with van der Waals surface area (Å²) in [6.07, 6.45) is 2.60. The maximum Gasteiger partial charge on any atom is 0.220 e. The Morgan fingerprint density at radius 3 is 2.54 bits per heavy atom. The van der Waals surface area contributed by atoms with Crippen molar-refractivity contribution in [3.05, 3.63) is 59.1 Å². The summed E-state index contributed by atoms with van der Waals surface area (Å²) in [4.78, 5) is 22.9. The highest BCUT2D eigenvalue weighted by Crippen LogP contribution is 2.32. The van der Waals surface area contributed by atoms with Crippen LogP contribution < -0.4 is 15.0 Å². The first-order valence-electron chi connectivity index (χ1n) is 15.1. The van der Waals surface area contributed by atoms with Crippen molar-refractivity contribution in [2.45, 2.75) is 45.7 Å². The molecule has 0 bridgehead atoms. The van der Waals surface area contributed by atoms with E-state index >= 15 is 0 Å². The van der Waals surface area contributed by atoms with Crippen LogP contribution in [0.25, 0.3) is 0 Å². The quantitative estimate of drug-likeness (QED) is 0.386. The SMILES string of the molecule is COc1ccccc1N1CCN([C@H]2CCN(Cc3cccc(Cl)c3)C[C@H]2CCC(=O)NCC(C)(C)CN(C)C)CC1. The summed E-state index contributed by atoms with van der Waals surface area (Å²) in [7, 11) is 5.91. The molecule has 2 atom stereocenters. The molecule has 4 rings (SSSR count). The number of hydrogen-bond donors (Lipinski definition) is 1. The number of piperidine rings is 1. The number of piperazine rings is 1. The number of carbonyl (C=O) groups excluding carboxylic acids is 1. The topological polar surface area (TPSA) is 51.3 Å². The molecule has 1 amide bonds. The predicted molar refractivity (Wildman–Crippen MR) is 170 cm³/mol. The summed E-state index contributed by atoms with van der Waals surface area (Å²) < 4.78 is 5.63. The molecule has 226 valence electrons. The summed E-state index contributed by atoms with van der Waals surface area (Å²) in [6.45, 7) is 13.0. The van der Waals surface area contributed by atoms with Crippen molar-refractivity contribution >= 4 is 23.2 Å². The highest BCUT2D eigenvalue weighted by molar-refractivity contribution is 6.30. The van der Waals surface area contributed by atoms with Gasteiger partial charge in [-0.25, -0.2) is 0 Å². The molecule has 1 N–H and O–H groups in total. The Hall–Kier alpha value is -2.32. The lowest BCUT2D eigenvalue weighted by molar-refractivity contribution is -0.122. The Labute approximate surface area is 252 Å². The van der Waals surface area contributed by atoms with Crippen LogP contribution in [0.2, 0.25) is 5.02 Å². The highest BCUT2D eigenvalue weighted by Gasteiger charge is 2.35. The summed E-state index contributed by atoms with van der Waals surface area (Å²) in [5.41, 5.74) is 2.47. The molecule has 0 spiro atoms. The van der Waals surface area contributed by atoms with Gasteiger partial charge in [0.2, 0.25) is 5.91 Å². The Morgan fingerprint density at radius 2 is 1.83 bits per heavy atom. The van der Waals surface area contributed by atoms with Crippen LogP contribution in [0.15, 0.2) is 48.5 Å². The molecule has 8 heteroatoms. The smallest absolute Gasteiger partial charge is 0.220 e. The molecule has 7 nitrogen and oxygen atoms in total. The second-order valence-electron chi connectivity index (χ2n) is 12.9. The van der Waals surface area contributed by atoms with Crippen LogP contribution >= 0.6 is 11.6 Å². The largest absolute Gasteiger partial charge is 0.495 e. The van der Waals surface area contributed by atoms with Crippen LogP contribution in [0.3, 0.4) is 0 Å². The molecule has 41 heavy (non-hydrogen) atoms. The summed E-state index contributed by atoms with van der Waals surface area (Å²) in [5.74, 6) is 1.55. The third-order valence-corrected chi connectivity index (χ3v) is 8.77. The average molecular weight is 584 g/mol. The first-order chi connectivity index (χ1) is 19.6. The summed E-state index contributed by atoms with van der Waals surface area (Å²) in [6, 6.07) is 17.0. The Balaban J connectivity index is 1.38. The number of para-hydroxylation sites is 2. The van der Waals surface area contributed by atoms with Gasteiger partial charge in [0.05, 0.1) is 12.8 Å². The van der Waals surface area contributed by atoms with Gasteiger partial charge in [-0.1, -0.05) is 49.7 Å². The van der Waals surface area contributed by atoms with Crippen molar-refractivity contribution in [1.29, 1.82) is 0 Å². The molecular formula is C33H50ClN5O2. The Morgan fingerprint density at radius 1 is 1.07 bits per heavy atom. The molecule has 2 aliphatic heterocycles. The van der Waals surface area contributed by atoms with E-state index in [-0.39, 0.29) is 11.3 Å². The van der Waals surface area contributed by atoms with E-state index in [0.29, 0.717) is 24.9 Å². The lowest BCUT2D eigenvalue weighted by Crippen LogP contribution is -2.56. The Kier molecular flexibility index (Phi) is 11.4. The van der Waals surface area contributed by atoms with Crippen LogP contribution in [-0.2, 0) is 11.3 Å². The minimum absolute atomic E-state index is 0.0431. The number of rotatable bonds is 12. The zero-order valence-corrected chi connectivity index (χ0v) is 26.5. The summed E-state index contributed by atoms with van der Waals surface area (Å²) in [5, 5.41) is 4.02. The van der Waals surface area contributed by atoms with Gasteiger partial charge < -0.3 is 19.9 Å². The summed E-state index contributed by atoms with van der Waals surface area (Å²) >= 11 is 6.28. The van der Waals surface area contributed by atoms with Crippen molar-refractivity contribution in [2.24, 2.45) is 11.3 Å². The number of ether oxygens (including phenoxy) is 1. The predicted octanol–water partition coefficient (Wildman–Crippen LogP) is 4.85. The zero-order chi connectivity index (χ0) is 29.4. The number of nitrogens with zero attached hydrogens (tertiary/aromatic N) is 4. The third-order valence-electron chi connectivity index (χ3n) is 8.53. The average Bonchev–Trinajstić information content (AvgIpc) is 2.94. The minimum atomic E-state index is 0.0431. The molecule has 0 unspecified atom stereocenters. The van der Waals surface area contributed by atoms with Gasteiger partial charge in [-0.15, -0.1) is 0 Å². The molecule has 2 aromatic rings. The fraction of sp³-hybridized carbons (Fsp3) is 0.606. The van der Waals surface area contributed by atoms with Crippen molar-refractivity contribution in [3.63, 3.8) is 0 Å². The molecule has 2 fully saturated rings. The van der Waals surface area contributed by atoms with E-state index in [1.54, 1.807) is 7.11 Å². The van der Waals surface area contributed by atoms with Gasteiger partial charge >= 0.3 is 0 Å². The van der Waals surface area contributed by atoms with Gasteiger partial charge in [-0.2, -0.15) is 0 Å². The van der Waals surface area contributed by atoms with Crippen LogP contribution in [0.1, 0.15) is 38.7 Å². The fourth-order valence-corrected chi connectivity index (χ4v) is 6.95. The molecule has 2 saturated heterocycles. The molecular weight excluding hydrogens is 534 g/mol. The third kappa shape index (κ3) is 9.34. The number of methoxy groups -OCH3 is 1. The fourth-order valence-electron chi connectivity index (χ4n) is 6.74. The minimum Gasteiger partial charge on any atom is -0.495 e. The van der Waals surface area contributed by atoms with E-state index in [4.69, 9.17) is 16.3 Å². The number of nitrogens with one attached hydrogen (secondary N) is 1. The first kappa shape index (κ1) is 31.6. The van der Waals surface area contributed by atoms with Crippen molar-refractivity contribution in [3.8, 4) is 5.75 Å². The lowest BCUT2D eigenvalue weighted by Gasteiger charge is -2.47. The Bertz CT molecular complexity index is 1120. The van der Waals surface area contributed by atoms with E-state index in [1.165, 1.54) is 11.3 Å². The van der Waals surface area contributed by atoms with E-state index < -0.39 is 0 Å². The van der Waals surface area contributed by atoms with Gasteiger partial charge in [0, 0.05) is 69.8 Å². The molecule has 2 aromatic carbocycles. The maximum atomic E-state index is 13.0. The van der Waals surface area contributed by atoms with Crippen molar-refractivity contribution in [1.82, 2.24) is 20.0 Å². The first-order valence-corrected chi connectivity index (χ1v) is 15.5. The molecule has 2 heterocycles. The van der Waals surface area contributed by atoms with E-state index in [1.807, 2.05) is 24.3 Å². The normalized spacial score (nSPS) is 20.8. The van der Waals surface area contributed by atoms with Crippen molar-refractivity contribution < 1.29 is 9.53 Å². The van der Waals surface area contributed by atoms with Crippen LogP contribution in [-0.4, -0.2) is 100 Å². The number of hydrogen-bond acceptors (Lipinski definition) is 6. The van der Waals surface area contributed by atoms with Crippen LogP contribution in [0.5, 0.6) is 5.75 Å². The number of halogens is 1. The number of amides is 1.